The zero-order valence-corrected chi connectivity index (χ0v) is 12.3. The summed E-state index contributed by atoms with van der Waals surface area (Å²) < 4.78 is 0. The van der Waals surface area contributed by atoms with E-state index in [0.29, 0.717) is 5.88 Å². The highest BCUT2D eigenvalue weighted by atomic mass is 35.5. The Balaban J connectivity index is 1.40. The third kappa shape index (κ3) is 2.89. The van der Waals surface area contributed by atoms with E-state index < -0.39 is 0 Å². The van der Waals surface area contributed by atoms with E-state index in [0.717, 1.165) is 24.0 Å². The van der Waals surface area contributed by atoms with E-state index >= 15 is 0 Å². The molecule has 1 saturated heterocycles. The molecule has 100 valence electrons. The van der Waals surface area contributed by atoms with Crippen molar-refractivity contribution in [2.24, 2.45) is 11.8 Å². The molecule has 2 nitrogen and oxygen atoms in total. The molecule has 0 spiro atoms. The number of hydrogen-bond donors (Lipinski definition) is 0. The lowest BCUT2D eigenvalue weighted by Gasteiger charge is -2.15. The van der Waals surface area contributed by atoms with Gasteiger partial charge in [-0.3, -0.25) is 0 Å². The van der Waals surface area contributed by atoms with Gasteiger partial charge in [0.25, 0.3) is 0 Å². The normalized spacial score (nSPS) is 27.8. The third-order valence-corrected chi connectivity index (χ3v) is 5.63. The molecular weight excluding hydrogens is 264 g/mol. The van der Waals surface area contributed by atoms with E-state index in [2.05, 4.69) is 15.3 Å². The smallest absolute Gasteiger partial charge is 0.0929 e. The van der Waals surface area contributed by atoms with Crippen LogP contribution in [0.15, 0.2) is 5.38 Å². The molecule has 1 aromatic heterocycles. The summed E-state index contributed by atoms with van der Waals surface area (Å²) >= 11 is 7.53. The SMILES string of the molecule is ClCc1csc(CCCN2CC3CCCC3C2)n1. The quantitative estimate of drug-likeness (QED) is 0.769. The van der Waals surface area contributed by atoms with E-state index in [4.69, 9.17) is 11.6 Å². The maximum absolute atomic E-state index is 5.77. The number of thiazole rings is 1. The van der Waals surface area contributed by atoms with Gasteiger partial charge in [0, 0.05) is 24.9 Å². The van der Waals surface area contributed by atoms with E-state index in [1.807, 2.05) is 0 Å². The monoisotopic (exact) mass is 284 g/mol. The first-order valence-electron chi connectivity index (χ1n) is 7.07. The lowest BCUT2D eigenvalue weighted by atomic mass is 10.0. The highest BCUT2D eigenvalue weighted by Gasteiger charge is 2.35. The van der Waals surface area contributed by atoms with Gasteiger partial charge in [-0.15, -0.1) is 22.9 Å². The highest BCUT2D eigenvalue weighted by molar-refractivity contribution is 7.09. The second-order valence-corrected chi connectivity index (χ2v) is 6.89. The molecule has 2 unspecified atom stereocenters. The standard InChI is InChI=1S/C14H21ClN2S/c15-7-13-10-18-14(16-13)5-2-6-17-8-11-3-1-4-12(11)9-17/h10-12H,1-9H2. The Kier molecular flexibility index (Phi) is 4.22. The van der Waals surface area contributed by atoms with Crippen molar-refractivity contribution in [1.82, 2.24) is 9.88 Å². The van der Waals surface area contributed by atoms with Crippen LogP contribution in [0.4, 0.5) is 0 Å². The largest absolute Gasteiger partial charge is 0.303 e. The minimum absolute atomic E-state index is 0.548. The Morgan fingerprint density at radius 3 is 2.78 bits per heavy atom. The van der Waals surface area contributed by atoms with Gasteiger partial charge in [0.1, 0.15) is 0 Å². The van der Waals surface area contributed by atoms with Crippen molar-refractivity contribution in [2.45, 2.75) is 38.0 Å². The number of fused-ring (bicyclic) bond motifs is 1. The van der Waals surface area contributed by atoms with Crippen molar-refractivity contribution < 1.29 is 0 Å². The summed E-state index contributed by atoms with van der Waals surface area (Å²) in [4.78, 5) is 7.19. The van der Waals surface area contributed by atoms with Crippen molar-refractivity contribution in [3.63, 3.8) is 0 Å². The molecule has 4 heteroatoms. The maximum Gasteiger partial charge on any atom is 0.0929 e. The number of nitrogens with zero attached hydrogens (tertiary/aromatic N) is 2. The molecule has 0 amide bonds. The first kappa shape index (κ1) is 12.9. The zero-order valence-electron chi connectivity index (χ0n) is 10.8. The summed E-state index contributed by atoms with van der Waals surface area (Å²) in [6.07, 6.45) is 6.80. The van der Waals surface area contributed by atoms with Crippen LogP contribution in [0.1, 0.15) is 36.4 Å². The minimum atomic E-state index is 0.548. The molecule has 3 rings (SSSR count). The van der Waals surface area contributed by atoms with Crippen LogP contribution in [0.3, 0.4) is 0 Å². The number of aryl methyl sites for hydroxylation is 1. The average molecular weight is 285 g/mol. The van der Waals surface area contributed by atoms with Gasteiger partial charge in [0.15, 0.2) is 0 Å². The number of aromatic nitrogens is 1. The predicted molar refractivity (Wildman–Crippen MR) is 77.3 cm³/mol. The summed E-state index contributed by atoms with van der Waals surface area (Å²) in [5.41, 5.74) is 1.03. The Morgan fingerprint density at radius 1 is 1.33 bits per heavy atom. The molecule has 18 heavy (non-hydrogen) atoms. The zero-order chi connectivity index (χ0) is 12.4. The molecule has 1 aliphatic heterocycles. The van der Waals surface area contributed by atoms with Crippen LogP contribution < -0.4 is 0 Å². The number of hydrogen-bond acceptors (Lipinski definition) is 3. The van der Waals surface area contributed by atoms with Crippen LogP contribution >= 0.6 is 22.9 Å². The van der Waals surface area contributed by atoms with E-state index in [1.165, 1.54) is 50.3 Å². The maximum atomic E-state index is 5.77. The molecular formula is C14H21ClN2S. The summed E-state index contributed by atoms with van der Waals surface area (Å²) in [5.74, 6) is 2.59. The van der Waals surface area contributed by atoms with Crippen molar-refractivity contribution in [3.05, 3.63) is 16.1 Å². The Hall–Kier alpha value is -0.120. The van der Waals surface area contributed by atoms with Crippen molar-refractivity contribution in [2.75, 3.05) is 19.6 Å². The van der Waals surface area contributed by atoms with Gasteiger partial charge >= 0.3 is 0 Å². The van der Waals surface area contributed by atoms with Crippen LogP contribution in [0.25, 0.3) is 0 Å². The summed E-state index contributed by atoms with van der Waals surface area (Å²) in [5, 5.41) is 3.34. The average Bonchev–Trinajstić information content (AvgIpc) is 3.03. The van der Waals surface area contributed by atoms with Gasteiger partial charge in [0.2, 0.25) is 0 Å². The summed E-state index contributed by atoms with van der Waals surface area (Å²) in [6.45, 7) is 3.97. The summed E-state index contributed by atoms with van der Waals surface area (Å²) in [7, 11) is 0. The number of likely N-dealkylation sites (tertiary alicyclic amines) is 1. The fraction of sp³-hybridized carbons (Fsp3) is 0.786. The van der Waals surface area contributed by atoms with Crippen LogP contribution in [0, 0.1) is 11.8 Å². The van der Waals surface area contributed by atoms with Crippen molar-refractivity contribution >= 4 is 22.9 Å². The highest BCUT2D eigenvalue weighted by Crippen LogP contribution is 2.37. The number of halogens is 1. The summed E-state index contributed by atoms with van der Waals surface area (Å²) in [6, 6.07) is 0. The molecule has 0 radical (unpaired) electrons. The molecule has 2 fully saturated rings. The van der Waals surface area contributed by atoms with Gasteiger partial charge in [-0.25, -0.2) is 4.98 Å². The molecule has 0 aromatic carbocycles. The fourth-order valence-electron chi connectivity index (χ4n) is 3.49. The lowest BCUT2D eigenvalue weighted by molar-refractivity contribution is 0.307. The third-order valence-electron chi connectivity index (χ3n) is 4.40. The first-order chi connectivity index (χ1) is 8.85. The van der Waals surface area contributed by atoms with Gasteiger partial charge in [0.05, 0.1) is 16.6 Å². The molecule has 1 aliphatic carbocycles. The number of alkyl halides is 1. The van der Waals surface area contributed by atoms with Crippen LogP contribution in [0.2, 0.25) is 0 Å². The van der Waals surface area contributed by atoms with Crippen molar-refractivity contribution in [1.29, 1.82) is 0 Å². The van der Waals surface area contributed by atoms with Gasteiger partial charge in [-0.2, -0.15) is 0 Å². The van der Waals surface area contributed by atoms with E-state index in [-0.39, 0.29) is 0 Å². The molecule has 2 atom stereocenters. The van der Waals surface area contributed by atoms with Crippen LogP contribution in [-0.4, -0.2) is 29.5 Å². The second kappa shape index (κ2) is 5.89. The van der Waals surface area contributed by atoms with Crippen molar-refractivity contribution in [3.8, 4) is 0 Å². The van der Waals surface area contributed by atoms with E-state index in [9.17, 15) is 0 Å². The topological polar surface area (TPSA) is 16.1 Å². The Bertz CT molecular complexity index is 381. The van der Waals surface area contributed by atoms with Gasteiger partial charge < -0.3 is 4.90 Å². The Labute approximate surface area is 118 Å². The lowest BCUT2D eigenvalue weighted by Crippen LogP contribution is -2.23. The van der Waals surface area contributed by atoms with E-state index in [1.54, 1.807) is 11.3 Å². The first-order valence-corrected chi connectivity index (χ1v) is 8.48. The number of rotatable bonds is 5. The predicted octanol–water partition coefficient (Wildman–Crippen LogP) is 3.55. The van der Waals surface area contributed by atoms with Gasteiger partial charge in [-0.1, -0.05) is 6.42 Å². The Morgan fingerprint density at radius 2 is 2.11 bits per heavy atom. The molecule has 2 aliphatic rings. The molecule has 0 bridgehead atoms. The molecule has 1 aromatic rings. The van der Waals surface area contributed by atoms with Crippen LogP contribution in [-0.2, 0) is 12.3 Å². The minimum Gasteiger partial charge on any atom is -0.303 e. The molecule has 0 N–H and O–H groups in total. The van der Waals surface area contributed by atoms with Gasteiger partial charge in [-0.05, 0) is 37.6 Å². The fourth-order valence-corrected chi connectivity index (χ4v) is 4.56. The molecule has 1 saturated carbocycles. The second-order valence-electron chi connectivity index (χ2n) is 5.68. The molecule has 2 heterocycles. The van der Waals surface area contributed by atoms with Crippen LogP contribution in [0.5, 0.6) is 0 Å².